The van der Waals surface area contributed by atoms with E-state index in [1.54, 1.807) is 12.1 Å². The highest BCUT2D eigenvalue weighted by Crippen LogP contribution is 2.46. The molecular weight excluding hydrogens is 269 g/mol. The molecule has 2 heterocycles. The number of rotatable bonds is 1. The minimum absolute atomic E-state index is 0.187. The molecular formula is C14H15F3N2O. The number of fused-ring (bicyclic) bond motifs is 1. The monoisotopic (exact) mass is 284 g/mol. The topological polar surface area (TPSA) is 32.3 Å². The van der Waals surface area contributed by atoms with Crippen molar-refractivity contribution in [2.75, 3.05) is 24.5 Å². The van der Waals surface area contributed by atoms with Gasteiger partial charge in [0.05, 0.1) is 0 Å². The molecule has 1 fully saturated rings. The number of hydrogen-bond donors (Lipinski definition) is 1. The van der Waals surface area contributed by atoms with Crippen molar-refractivity contribution >= 4 is 11.6 Å². The van der Waals surface area contributed by atoms with Crippen LogP contribution in [-0.4, -0.2) is 31.7 Å². The average Bonchev–Trinajstić information content (AvgIpc) is 3.05. The fourth-order valence-electron chi connectivity index (χ4n) is 3.05. The van der Waals surface area contributed by atoms with Gasteiger partial charge in [-0.25, -0.2) is 0 Å². The quantitative estimate of drug-likeness (QED) is 0.856. The van der Waals surface area contributed by atoms with Gasteiger partial charge in [-0.15, -0.1) is 0 Å². The van der Waals surface area contributed by atoms with Crippen molar-refractivity contribution in [2.24, 2.45) is 5.41 Å². The van der Waals surface area contributed by atoms with Crippen LogP contribution in [-0.2, 0) is 11.2 Å². The molecule has 3 rings (SSSR count). The van der Waals surface area contributed by atoms with E-state index in [0.29, 0.717) is 18.7 Å². The number of benzene rings is 1. The Morgan fingerprint density at radius 3 is 2.70 bits per heavy atom. The van der Waals surface area contributed by atoms with E-state index in [1.165, 1.54) is 4.90 Å². The van der Waals surface area contributed by atoms with Crippen molar-refractivity contribution in [3.8, 4) is 0 Å². The zero-order valence-electron chi connectivity index (χ0n) is 10.8. The largest absolute Gasteiger partial charge is 0.404 e. The molecule has 1 aromatic carbocycles. The molecule has 1 unspecified atom stereocenters. The van der Waals surface area contributed by atoms with Gasteiger partial charge in [0.1, 0.15) is 0 Å². The lowest BCUT2D eigenvalue weighted by Crippen LogP contribution is -2.53. The van der Waals surface area contributed by atoms with Crippen LogP contribution in [0.3, 0.4) is 0 Å². The van der Waals surface area contributed by atoms with Crippen LogP contribution in [0.2, 0.25) is 0 Å². The smallest absolute Gasteiger partial charge is 0.315 e. The van der Waals surface area contributed by atoms with Crippen LogP contribution in [0.1, 0.15) is 12.0 Å². The molecule has 0 saturated carbocycles. The van der Waals surface area contributed by atoms with Gasteiger partial charge in [0.25, 0.3) is 0 Å². The summed E-state index contributed by atoms with van der Waals surface area (Å²) in [5.74, 6) is -0.819. The van der Waals surface area contributed by atoms with Crippen LogP contribution < -0.4 is 10.2 Å². The average molecular weight is 284 g/mol. The first-order valence-corrected chi connectivity index (χ1v) is 6.63. The Morgan fingerprint density at radius 2 is 2.05 bits per heavy atom. The number of nitrogens with zero attached hydrogens (tertiary/aromatic N) is 1. The van der Waals surface area contributed by atoms with Crippen molar-refractivity contribution in [1.29, 1.82) is 0 Å². The third-order valence-corrected chi connectivity index (χ3v) is 4.24. The molecule has 20 heavy (non-hydrogen) atoms. The van der Waals surface area contributed by atoms with E-state index in [0.717, 1.165) is 5.56 Å². The molecule has 1 atom stereocenters. The molecule has 1 aromatic rings. The van der Waals surface area contributed by atoms with Gasteiger partial charge < -0.3 is 10.2 Å². The van der Waals surface area contributed by atoms with Crippen molar-refractivity contribution in [3.63, 3.8) is 0 Å². The van der Waals surface area contributed by atoms with Crippen molar-refractivity contribution in [1.82, 2.24) is 5.32 Å². The maximum Gasteiger partial charge on any atom is 0.404 e. The fourth-order valence-corrected chi connectivity index (χ4v) is 3.05. The number of anilines is 1. The number of halogens is 3. The predicted octanol–water partition coefficient (Wildman–Crippen LogP) is 2.12. The van der Waals surface area contributed by atoms with Gasteiger partial charge >= 0.3 is 6.18 Å². The minimum Gasteiger partial charge on any atom is -0.315 e. The Hall–Kier alpha value is -1.56. The van der Waals surface area contributed by atoms with Gasteiger partial charge in [-0.3, -0.25) is 4.79 Å². The summed E-state index contributed by atoms with van der Waals surface area (Å²) in [5, 5.41) is 2.68. The first-order valence-electron chi connectivity index (χ1n) is 6.63. The Kier molecular flexibility index (Phi) is 3.01. The standard InChI is InChI=1S/C14H15F3N2O/c15-14(16,17)13(6-7-18-9-13)12(20)19-8-5-10-3-1-2-4-11(10)19/h1-4,18H,5-9H2. The second-order valence-electron chi connectivity index (χ2n) is 5.34. The molecule has 1 amide bonds. The fraction of sp³-hybridized carbons (Fsp3) is 0.500. The van der Waals surface area contributed by atoms with Gasteiger partial charge in [0.2, 0.25) is 5.91 Å². The molecule has 0 aromatic heterocycles. The van der Waals surface area contributed by atoms with Crippen molar-refractivity contribution in [2.45, 2.75) is 19.0 Å². The molecule has 1 saturated heterocycles. The second kappa shape index (κ2) is 4.48. The number of nitrogens with one attached hydrogen (secondary N) is 1. The van der Waals surface area contributed by atoms with E-state index in [4.69, 9.17) is 0 Å². The summed E-state index contributed by atoms with van der Waals surface area (Å²) in [6.07, 6.45) is -4.09. The van der Waals surface area contributed by atoms with E-state index in [-0.39, 0.29) is 19.5 Å². The molecule has 1 N–H and O–H groups in total. The number of para-hydroxylation sites is 1. The lowest BCUT2D eigenvalue weighted by molar-refractivity contribution is -0.214. The van der Waals surface area contributed by atoms with Crippen LogP contribution in [0, 0.1) is 5.41 Å². The Bertz CT molecular complexity index is 535. The minimum atomic E-state index is -4.52. The highest BCUT2D eigenvalue weighted by atomic mass is 19.4. The van der Waals surface area contributed by atoms with E-state index in [1.807, 2.05) is 12.1 Å². The van der Waals surface area contributed by atoms with Crippen LogP contribution in [0.5, 0.6) is 0 Å². The Morgan fingerprint density at radius 1 is 1.30 bits per heavy atom. The van der Waals surface area contributed by atoms with E-state index >= 15 is 0 Å². The summed E-state index contributed by atoms with van der Waals surface area (Å²) in [7, 11) is 0. The zero-order valence-corrected chi connectivity index (χ0v) is 10.8. The van der Waals surface area contributed by atoms with Crippen LogP contribution in [0.25, 0.3) is 0 Å². The lowest BCUT2D eigenvalue weighted by atomic mass is 9.84. The van der Waals surface area contributed by atoms with Gasteiger partial charge in [-0.2, -0.15) is 13.2 Å². The third kappa shape index (κ3) is 1.82. The SMILES string of the molecule is O=C(N1CCc2ccccc21)C1(C(F)(F)F)CCNC1. The first kappa shape index (κ1) is 13.4. The summed E-state index contributed by atoms with van der Waals surface area (Å²) < 4.78 is 40.2. The summed E-state index contributed by atoms with van der Waals surface area (Å²) in [4.78, 5) is 13.8. The number of carbonyl (C=O) groups is 1. The maximum atomic E-state index is 13.4. The van der Waals surface area contributed by atoms with Gasteiger partial charge in [-0.05, 0) is 31.0 Å². The molecule has 108 valence electrons. The predicted molar refractivity (Wildman–Crippen MR) is 68.5 cm³/mol. The van der Waals surface area contributed by atoms with E-state index in [9.17, 15) is 18.0 Å². The van der Waals surface area contributed by atoms with Crippen molar-refractivity contribution < 1.29 is 18.0 Å². The lowest BCUT2D eigenvalue weighted by Gasteiger charge is -2.33. The molecule has 6 heteroatoms. The Balaban J connectivity index is 1.97. The van der Waals surface area contributed by atoms with Crippen LogP contribution in [0.15, 0.2) is 24.3 Å². The summed E-state index contributed by atoms with van der Waals surface area (Å²) in [6.45, 7) is 0.227. The molecule has 0 aliphatic carbocycles. The number of carbonyl (C=O) groups excluding carboxylic acids is 1. The molecule has 0 radical (unpaired) electrons. The van der Waals surface area contributed by atoms with Gasteiger partial charge in [-0.1, -0.05) is 18.2 Å². The third-order valence-electron chi connectivity index (χ3n) is 4.24. The van der Waals surface area contributed by atoms with Gasteiger partial charge in [0, 0.05) is 18.8 Å². The van der Waals surface area contributed by atoms with Crippen molar-refractivity contribution in [3.05, 3.63) is 29.8 Å². The number of hydrogen-bond acceptors (Lipinski definition) is 2. The number of alkyl halides is 3. The summed E-state index contributed by atoms with van der Waals surface area (Å²) in [6, 6.07) is 7.16. The molecule has 0 spiro atoms. The number of amides is 1. The second-order valence-corrected chi connectivity index (χ2v) is 5.34. The van der Waals surface area contributed by atoms with Crippen LogP contribution in [0.4, 0.5) is 18.9 Å². The molecule has 3 nitrogen and oxygen atoms in total. The molecule has 2 aliphatic rings. The first-order chi connectivity index (χ1) is 9.46. The van der Waals surface area contributed by atoms with E-state index < -0.39 is 17.5 Å². The molecule has 0 bridgehead atoms. The van der Waals surface area contributed by atoms with Gasteiger partial charge in [0.15, 0.2) is 5.41 Å². The summed E-state index contributed by atoms with van der Waals surface area (Å²) in [5.41, 5.74) is -0.720. The molecule has 2 aliphatic heterocycles. The van der Waals surface area contributed by atoms with Crippen LogP contribution >= 0.6 is 0 Å². The highest BCUT2D eigenvalue weighted by molar-refractivity contribution is 6.00. The maximum absolute atomic E-state index is 13.4. The summed E-state index contributed by atoms with van der Waals surface area (Å²) >= 11 is 0. The van der Waals surface area contributed by atoms with E-state index in [2.05, 4.69) is 5.32 Å². The highest BCUT2D eigenvalue weighted by Gasteiger charge is 2.62. The zero-order chi connectivity index (χ0) is 14.4. The normalized spacial score (nSPS) is 25.9. The Labute approximate surface area is 114 Å².